The third-order valence-electron chi connectivity index (χ3n) is 2.64. The monoisotopic (exact) mass is 206 g/mol. The minimum absolute atomic E-state index is 0.121. The molecular formula is C11H14N2O2. The van der Waals surface area contributed by atoms with Crippen LogP contribution in [0.25, 0.3) is 0 Å². The van der Waals surface area contributed by atoms with Gasteiger partial charge in [0.25, 0.3) is 0 Å². The van der Waals surface area contributed by atoms with Gasteiger partial charge in [-0.05, 0) is 18.1 Å². The molecule has 80 valence electrons. The molecule has 1 aromatic carbocycles. The summed E-state index contributed by atoms with van der Waals surface area (Å²) >= 11 is 0. The topological polar surface area (TPSA) is 55.6 Å². The first-order valence-corrected chi connectivity index (χ1v) is 4.95. The molecule has 1 aliphatic rings. The maximum atomic E-state index is 11.6. The summed E-state index contributed by atoms with van der Waals surface area (Å²) in [7, 11) is 1.77. The van der Waals surface area contributed by atoms with Crippen LogP contribution in [0.15, 0.2) is 18.2 Å². The highest BCUT2D eigenvalue weighted by Crippen LogP contribution is 2.35. The molecule has 0 fully saturated rings. The number of carbonyl (C=O) groups excluding carboxylic acids is 1. The summed E-state index contributed by atoms with van der Waals surface area (Å²) in [5.41, 5.74) is 7.35. The molecule has 4 nitrogen and oxygen atoms in total. The molecular weight excluding hydrogens is 192 g/mol. The number of anilines is 1. The van der Waals surface area contributed by atoms with Crippen LogP contribution in [-0.2, 0) is 11.2 Å². The molecule has 15 heavy (non-hydrogen) atoms. The van der Waals surface area contributed by atoms with Gasteiger partial charge in [-0.1, -0.05) is 12.1 Å². The molecule has 1 aromatic rings. The van der Waals surface area contributed by atoms with Crippen molar-refractivity contribution in [1.82, 2.24) is 0 Å². The molecule has 1 heterocycles. The maximum absolute atomic E-state index is 11.6. The highest BCUT2D eigenvalue weighted by Gasteiger charge is 2.23. The summed E-state index contributed by atoms with van der Waals surface area (Å²) in [4.78, 5) is 13.2. The second-order valence-electron chi connectivity index (χ2n) is 3.53. The molecule has 2 N–H and O–H groups in total. The average Bonchev–Trinajstić information content (AvgIpc) is 2.24. The molecule has 0 aromatic heterocycles. The number of nitrogens with zero attached hydrogens (tertiary/aromatic N) is 1. The Balaban J connectivity index is 2.47. The lowest BCUT2D eigenvalue weighted by molar-refractivity contribution is -0.118. The fourth-order valence-electron chi connectivity index (χ4n) is 1.89. The number of ether oxygens (including phenoxy) is 1. The van der Waals surface area contributed by atoms with Crippen molar-refractivity contribution >= 4 is 11.6 Å². The van der Waals surface area contributed by atoms with Crippen molar-refractivity contribution in [3.05, 3.63) is 23.8 Å². The fraction of sp³-hybridized carbons (Fsp3) is 0.364. The molecule has 0 bridgehead atoms. The first-order valence-electron chi connectivity index (χ1n) is 4.95. The molecule has 1 aliphatic heterocycles. The Kier molecular flexibility index (Phi) is 2.60. The van der Waals surface area contributed by atoms with Crippen LogP contribution in [0.2, 0.25) is 0 Å². The number of benzene rings is 1. The van der Waals surface area contributed by atoms with E-state index < -0.39 is 0 Å². The predicted molar refractivity (Wildman–Crippen MR) is 57.9 cm³/mol. The smallest absolute Gasteiger partial charge is 0.227 e. The summed E-state index contributed by atoms with van der Waals surface area (Å²) in [6, 6.07) is 5.77. The molecule has 1 amide bonds. The van der Waals surface area contributed by atoms with Gasteiger partial charge in [0.2, 0.25) is 5.91 Å². The van der Waals surface area contributed by atoms with E-state index in [1.165, 1.54) is 0 Å². The third kappa shape index (κ3) is 1.68. The van der Waals surface area contributed by atoms with Crippen molar-refractivity contribution in [1.29, 1.82) is 0 Å². The Hall–Kier alpha value is -1.55. The lowest BCUT2D eigenvalue weighted by Crippen LogP contribution is -2.31. The van der Waals surface area contributed by atoms with Crippen molar-refractivity contribution in [2.24, 2.45) is 5.73 Å². The molecule has 2 rings (SSSR count). The van der Waals surface area contributed by atoms with E-state index >= 15 is 0 Å². The van der Waals surface area contributed by atoms with E-state index in [0.717, 1.165) is 17.7 Å². The number of hydrogen-bond acceptors (Lipinski definition) is 3. The highest BCUT2D eigenvalue weighted by molar-refractivity contribution is 5.97. The van der Waals surface area contributed by atoms with E-state index in [-0.39, 0.29) is 12.6 Å². The average molecular weight is 206 g/mol. The first-order chi connectivity index (χ1) is 7.24. The largest absolute Gasteiger partial charge is 0.476 e. The van der Waals surface area contributed by atoms with Gasteiger partial charge in [-0.3, -0.25) is 10.5 Å². The zero-order valence-electron chi connectivity index (χ0n) is 8.69. The maximum Gasteiger partial charge on any atom is 0.227 e. The Morgan fingerprint density at radius 1 is 1.47 bits per heavy atom. The van der Waals surface area contributed by atoms with Crippen molar-refractivity contribution in [2.45, 2.75) is 12.8 Å². The van der Waals surface area contributed by atoms with Crippen molar-refractivity contribution in [3.63, 3.8) is 0 Å². The van der Waals surface area contributed by atoms with Crippen LogP contribution in [0.4, 0.5) is 5.69 Å². The summed E-state index contributed by atoms with van der Waals surface area (Å²) in [6.45, 7) is 0.123. The second kappa shape index (κ2) is 3.90. The summed E-state index contributed by atoms with van der Waals surface area (Å²) < 4.78 is 5.31. The molecule has 0 aliphatic carbocycles. The van der Waals surface area contributed by atoms with Gasteiger partial charge in [-0.15, -0.1) is 0 Å². The van der Waals surface area contributed by atoms with Gasteiger partial charge in [0.15, 0.2) is 0 Å². The zero-order valence-corrected chi connectivity index (χ0v) is 8.69. The number of fused-ring (bicyclic) bond motifs is 1. The van der Waals surface area contributed by atoms with Crippen LogP contribution in [0.3, 0.4) is 0 Å². The molecule has 4 heteroatoms. The van der Waals surface area contributed by atoms with Crippen molar-refractivity contribution in [3.8, 4) is 5.75 Å². The van der Waals surface area contributed by atoms with E-state index in [0.29, 0.717) is 12.2 Å². The number of rotatable bonds is 2. The number of hydrogen-bond donors (Lipinski definition) is 1. The highest BCUT2D eigenvalue weighted by atomic mass is 16.5. The first kappa shape index (κ1) is 9.98. The third-order valence-corrected chi connectivity index (χ3v) is 2.64. The lowest BCUT2D eigenvalue weighted by atomic mass is 10.0. The van der Waals surface area contributed by atoms with Gasteiger partial charge in [-0.2, -0.15) is 0 Å². The lowest BCUT2D eigenvalue weighted by Gasteiger charge is -2.27. The van der Waals surface area contributed by atoms with Gasteiger partial charge in [0.1, 0.15) is 12.5 Å². The summed E-state index contributed by atoms with van der Waals surface area (Å²) in [5.74, 6) is 0.807. The van der Waals surface area contributed by atoms with Gasteiger partial charge < -0.3 is 9.64 Å². The molecule has 0 saturated heterocycles. The standard InChI is InChI=1S/C11H14N2O2/c1-13-10(14)6-5-8-3-2-4-9(11(8)13)15-7-12/h2-4H,5-7,12H2,1H3. The van der Waals surface area contributed by atoms with Crippen LogP contribution in [0, 0.1) is 0 Å². The molecule has 0 atom stereocenters. The molecule has 0 saturated carbocycles. The van der Waals surface area contributed by atoms with Crippen LogP contribution in [0.5, 0.6) is 5.75 Å². The quantitative estimate of drug-likeness (QED) is 0.731. The van der Waals surface area contributed by atoms with Gasteiger partial charge >= 0.3 is 0 Å². The minimum atomic E-state index is 0.121. The molecule has 0 spiro atoms. The van der Waals surface area contributed by atoms with Gasteiger partial charge in [0.05, 0.1) is 5.69 Å². The SMILES string of the molecule is CN1C(=O)CCc2cccc(OCN)c21. The fourth-order valence-corrected chi connectivity index (χ4v) is 1.89. The summed E-state index contributed by atoms with van der Waals surface area (Å²) in [5, 5.41) is 0. The van der Waals surface area contributed by atoms with Crippen molar-refractivity contribution < 1.29 is 9.53 Å². The Labute approximate surface area is 88.6 Å². The van der Waals surface area contributed by atoms with Crippen LogP contribution >= 0.6 is 0 Å². The Morgan fingerprint density at radius 3 is 3.00 bits per heavy atom. The number of carbonyl (C=O) groups is 1. The Bertz CT molecular complexity index is 390. The van der Waals surface area contributed by atoms with E-state index in [1.807, 2.05) is 18.2 Å². The normalized spacial score (nSPS) is 15.1. The van der Waals surface area contributed by atoms with E-state index in [1.54, 1.807) is 11.9 Å². The van der Waals surface area contributed by atoms with E-state index in [9.17, 15) is 4.79 Å². The molecule has 0 radical (unpaired) electrons. The molecule has 0 unspecified atom stereocenters. The van der Waals surface area contributed by atoms with E-state index in [2.05, 4.69) is 0 Å². The number of aryl methyl sites for hydroxylation is 1. The van der Waals surface area contributed by atoms with Gasteiger partial charge in [-0.25, -0.2) is 0 Å². The number of nitrogens with two attached hydrogens (primary N) is 1. The van der Waals surface area contributed by atoms with Crippen LogP contribution in [-0.4, -0.2) is 19.7 Å². The van der Waals surface area contributed by atoms with Crippen molar-refractivity contribution in [2.75, 3.05) is 18.7 Å². The summed E-state index contributed by atoms with van der Waals surface area (Å²) in [6.07, 6.45) is 1.34. The van der Waals surface area contributed by atoms with Crippen LogP contribution in [0.1, 0.15) is 12.0 Å². The zero-order chi connectivity index (χ0) is 10.8. The Morgan fingerprint density at radius 2 is 2.27 bits per heavy atom. The van der Waals surface area contributed by atoms with Crippen LogP contribution < -0.4 is 15.4 Å². The number of amides is 1. The minimum Gasteiger partial charge on any atom is -0.476 e. The number of para-hydroxylation sites is 1. The second-order valence-corrected chi connectivity index (χ2v) is 3.53. The van der Waals surface area contributed by atoms with Gasteiger partial charge in [0, 0.05) is 13.5 Å². The van der Waals surface area contributed by atoms with E-state index in [4.69, 9.17) is 10.5 Å². The predicted octanol–water partition coefficient (Wildman–Crippen LogP) is 0.891.